The van der Waals surface area contributed by atoms with Crippen LogP contribution in [-0.4, -0.2) is 15.9 Å². The third-order valence-corrected chi connectivity index (χ3v) is 2.95. The van der Waals surface area contributed by atoms with Gasteiger partial charge in [0.2, 0.25) is 0 Å². The summed E-state index contributed by atoms with van der Waals surface area (Å²) in [5.74, 6) is 2.66. The van der Waals surface area contributed by atoms with E-state index in [4.69, 9.17) is 4.52 Å². The lowest BCUT2D eigenvalue weighted by Gasteiger charge is -1.89. The summed E-state index contributed by atoms with van der Waals surface area (Å²) in [4.78, 5) is 5.46. The molecule has 0 saturated heterocycles. The van der Waals surface area contributed by atoms with Gasteiger partial charge in [-0.05, 0) is 12.8 Å². The van der Waals surface area contributed by atoms with Crippen molar-refractivity contribution in [2.45, 2.75) is 26.2 Å². The molecule has 0 aromatic carbocycles. The highest BCUT2D eigenvalue weighted by molar-refractivity contribution is 8.08. The quantitative estimate of drug-likeness (QED) is 0.744. The van der Waals surface area contributed by atoms with Crippen LogP contribution in [-0.2, 0) is 6.42 Å². The minimum Gasteiger partial charge on any atom is -0.333 e. The van der Waals surface area contributed by atoms with Crippen LogP contribution in [0.5, 0.6) is 0 Å². The van der Waals surface area contributed by atoms with E-state index in [1.165, 1.54) is 0 Å². The first-order valence-corrected chi connectivity index (χ1v) is 5.54. The highest BCUT2D eigenvalue weighted by atomic mass is 32.2. The summed E-state index contributed by atoms with van der Waals surface area (Å²) >= 11 is 1.79. The Bertz CT molecular complexity index is 319. The van der Waals surface area contributed by atoms with Gasteiger partial charge in [0, 0.05) is 12.2 Å². The van der Waals surface area contributed by atoms with Gasteiger partial charge in [-0.1, -0.05) is 18.2 Å². The number of hydrogen-bond donors (Lipinski definition) is 0. The summed E-state index contributed by atoms with van der Waals surface area (Å²) in [5.41, 5.74) is 0. The normalized spacial score (nSPS) is 16.2. The number of nitrogens with zero attached hydrogens (tertiary/aromatic N) is 2. The number of aromatic nitrogens is 2. The second-order valence-corrected chi connectivity index (χ2v) is 4.11. The van der Waals surface area contributed by atoms with E-state index in [9.17, 15) is 0 Å². The topological polar surface area (TPSA) is 38.9 Å². The fourth-order valence-electron chi connectivity index (χ4n) is 1.25. The monoisotopic (exact) mass is 196 g/mol. The molecule has 1 aromatic heterocycles. The molecule has 0 unspecified atom stereocenters. The van der Waals surface area contributed by atoms with Gasteiger partial charge in [0.25, 0.3) is 5.89 Å². The largest absolute Gasteiger partial charge is 0.333 e. The molecule has 0 spiro atoms. The molecule has 0 fully saturated rings. The van der Waals surface area contributed by atoms with Crippen LogP contribution in [0.4, 0.5) is 0 Å². The van der Waals surface area contributed by atoms with Gasteiger partial charge in [0.1, 0.15) is 0 Å². The average Bonchev–Trinajstić information content (AvgIpc) is 2.70. The lowest BCUT2D eigenvalue weighted by molar-refractivity contribution is 0.402. The molecule has 0 atom stereocenters. The molecule has 0 bridgehead atoms. The van der Waals surface area contributed by atoms with Crippen LogP contribution in [0.1, 0.15) is 31.5 Å². The molecule has 3 nitrogen and oxygen atoms in total. The number of allylic oxidation sites excluding steroid dienone is 1. The van der Waals surface area contributed by atoms with Gasteiger partial charge in [-0.2, -0.15) is 4.98 Å². The maximum Gasteiger partial charge on any atom is 0.263 e. The molecular weight excluding hydrogens is 184 g/mol. The van der Waals surface area contributed by atoms with Crippen molar-refractivity contribution in [1.29, 1.82) is 0 Å². The zero-order chi connectivity index (χ0) is 9.10. The Morgan fingerprint density at radius 2 is 2.54 bits per heavy atom. The lowest BCUT2D eigenvalue weighted by Crippen LogP contribution is -1.85. The Labute approximate surface area is 81.6 Å². The molecule has 1 aliphatic heterocycles. The Kier molecular flexibility index (Phi) is 2.68. The zero-order valence-corrected chi connectivity index (χ0v) is 8.43. The van der Waals surface area contributed by atoms with E-state index in [1.807, 2.05) is 0 Å². The first-order chi connectivity index (χ1) is 6.40. The van der Waals surface area contributed by atoms with E-state index in [-0.39, 0.29) is 0 Å². The molecule has 0 aliphatic carbocycles. The van der Waals surface area contributed by atoms with Crippen molar-refractivity contribution in [2.75, 3.05) is 5.75 Å². The first-order valence-electron chi connectivity index (χ1n) is 4.56. The average molecular weight is 196 g/mol. The summed E-state index contributed by atoms with van der Waals surface area (Å²) in [6.45, 7) is 2.11. The summed E-state index contributed by atoms with van der Waals surface area (Å²) < 4.78 is 5.15. The molecular formula is C9H12N2OS. The van der Waals surface area contributed by atoms with Gasteiger partial charge in [0.05, 0.1) is 4.91 Å². The van der Waals surface area contributed by atoms with E-state index in [2.05, 4.69) is 23.1 Å². The van der Waals surface area contributed by atoms with Crippen molar-refractivity contribution in [3.63, 3.8) is 0 Å². The summed E-state index contributed by atoms with van der Waals surface area (Å²) in [6, 6.07) is 0. The molecule has 0 amide bonds. The summed E-state index contributed by atoms with van der Waals surface area (Å²) in [5, 5.41) is 3.91. The van der Waals surface area contributed by atoms with E-state index in [0.717, 1.165) is 35.7 Å². The van der Waals surface area contributed by atoms with Crippen LogP contribution in [0, 0.1) is 0 Å². The van der Waals surface area contributed by atoms with Crippen LogP contribution in [0.15, 0.2) is 10.6 Å². The predicted molar refractivity (Wildman–Crippen MR) is 53.3 cm³/mol. The van der Waals surface area contributed by atoms with Crippen LogP contribution < -0.4 is 0 Å². The van der Waals surface area contributed by atoms with Crippen LogP contribution in [0.25, 0.3) is 4.91 Å². The van der Waals surface area contributed by atoms with E-state index >= 15 is 0 Å². The zero-order valence-electron chi connectivity index (χ0n) is 7.62. The lowest BCUT2D eigenvalue weighted by atomic mass is 10.3. The van der Waals surface area contributed by atoms with Gasteiger partial charge in [0.15, 0.2) is 5.82 Å². The van der Waals surface area contributed by atoms with Crippen molar-refractivity contribution >= 4 is 16.7 Å². The van der Waals surface area contributed by atoms with Crippen LogP contribution >= 0.6 is 11.8 Å². The Morgan fingerprint density at radius 3 is 3.23 bits per heavy atom. The summed E-state index contributed by atoms with van der Waals surface area (Å²) in [7, 11) is 0. The van der Waals surface area contributed by atoms with Gasteiger partial charge >= 0.3 is 0 Å². The van der Waals surface area contributed by atoms with Crippen LogP contribution in [0.3, 0.4) is 0 Å². The minimum atomic E-state index is 0.700. The number of hydrogen-bond acceptors (Lipinski definition) is 4. The Balaban J connectivity index is 2.12. The van der Waals surface area contributed by atoms with Gasteiger partial charge < -0.3 is 4.52 Å². The molecule has 70 valence electrons. The maximum atomic E-state index is 5.15. The smallest absolute Gasteiger partial charge is 0.263 e. The maximum absolute atomic E-state index is 5.15. The molecule has 2 rings (SSSR count). The van der Waals surface area contributed by atoms with Crippen molar-refractivity contribution in [3.05, 3.63) is 17.8 Å². The Morgan fingerprint density at radius 1 is 1.62 bits per heavy atom. The second kappa shape index (κ2) is 3.96. The van der Waals surface area contributed by atoms with Crippen LogP contribution in [0.2, 0.25) is 0 Å². The van der Waals surface area contributed by atoms with Crippen molar-refractivity contribution in [1.82, 2.24) is 10.1 Å². The second-order valence-electron chi connectivity index (χ2n) is 2.97. The third kappa shape index (κ3) is 1.94. The standard InChI is InChI=1S/C9H12N2OS/c1-2-4-8-10-9(12-11-8)7-5-3-6-13-7/h5H,2-4,6H2,1H3. The van der Waals surface area contributed by atoms with Gasteiger partial charge in [-0.3, -0.25) is 0 Å². The molecule has 0 radical (unpaired) electrons. The molecule has 13 heavy (non-hydrogen) atoms. The molecule has 0 saturated carbocycles. The van der Waals surface area contributed by atoms with Crippen molar-refractivity contribution < 1.29 is 4.52 Å². The fraction of sp³-hybridized carbons (Fsp3) is 0.556. The van der Waals surface area contributed by atoms with E-state index < -0.39 is 0 Å². The van der Waals surface area contributed by atoms with E-state index in [0.29, 0.717) is 5.89 Å². The van der Waals surface area contributed by atoms with Gasteiger partial charge in [-0.15, -0.1) is 11.8 Å². The first kappa shape index (κ1) is 8.81. The molecule has 2 heterocycles. The predicted octanol–water partition coefficient (Wildman–Crippen LogP) is 2.50. The highest BCUT2D eigenvalue weighted by Gasteiger charge is 2.14. The molecule has 4 heteroatoms. The van der Waals surface area contributed by atoms with Crippen molar-refractivity contribution in [2.24, 2.45) is 0 Å². The number of aryl methyl sites for hydroxylation is 1. The highest BCUT2D eigenvalue weighted by Crippen LogP contribution is 2.32. The van der Waals surface area contributed by atoms with E-state index in [1.54, 1.807) is 11.8 Å². The van der Waals surface area contributed by atoms with Gasteiger partial charge in [-0.25, -0.2) is 0 Å². The minimum absolute atomic E-state index is 0.700. The molecule has 1 aromatic rings. The molecule has 1 aliphatic rings. The SMILES string of the molecule is CCCc1noc(C2=CCCS2)n1. The van der Waals surface area contributed by atoms with Crippen molar-refractivity contribution in [3.8, 4) is 0 Å². The number of thioether (sulfide) groups is 1. The number of rotatable bonds is 3. The summed E-state index contributed by atoms with van der Waals surface area (Å²) in [6.07, 6.45) is 5.24. The molecule has 0 N–H and O–H groups in total. The Hall–Kier alpha value is -0.770. The third-order valence-electron chi connectivity index (χ3n) is 1.86. The fourth-order valence-corrected chi connectivity index (χ4v) is 2.14.